The Morgan fingerprint density at radius 3 is 1.58 bits per heavy atom. The highest BCUT2D eigenvalue weighted by Crippen LogP contribution is 2.47. The van der Waals surface area contributed by atoms with E-state index in [4.69, 9.17) is 13.3 Å². The third-order valence-electron chi connectivity index (χ3n) is 11.4. The molecule has 0 saturated heterocycles. The summed E-state index contributed by atoms with van der Waals surface area (Å²) in [4.78, 5) is 0. The first-order valence-corrected chi connectivity index (χ1v) is 18.7. The maximum absolute atomic E-state index is 6.44. The molecule has 55 heavy (non-hydrogen) atoms. The molecule has 0 unspecified atom stereocenters. The smallest absolute Gasteiger partial charge is 0.139 e. The number of fused-ring (bicyclic) bond motifs is 9. The molecule has 256 valence electrons. The van der Waals surface area contributed by atoms with Gasteiger partial charge in [0.25, 0.3) is 0 Å². The van der Waals surface area contributed by atoms with E-state index in [9.17, 15) is 0 Å². The minimum atomic E-state index is 0.826. The van der Waals surface area contributed by atoms with Crippen molar-refractivity contribution in [3.8, 4) is 44.5 Å². The van der Waals surface area contributed by atoms with Crippen LogP contribution in [-0.4, -0.2) is 0 Å². The van der Waals surface area contributed by atoms with Gasteiger partial charge in [0.2, 0.25) is 0 Å². The number of benzene rings is 9. The molecule has 3 heteroatoms. The Morgan fingerprint density at radius 2 is 0.818 bits per heavy atom. The van der Waals surface area contributed by atoms with Crippen molar-refractivity contribution in [2.45, 2.75) is 0 Å². The first-order chi connectivity index (χ1) is 27.3. The molecule has 0 radical (unpaired) electrons. The Labute approximate surface area is 315 Å². The van der Waals surface area contributed by atoms with E-state index >= 15 is 0 Å². The average molecular weight is 703 g/mol. The molecule has 0 saturated carbocycles. The Bertz CT molecular complexity index is 3430. The Kier molecular flexibility index (Phi) is 6.34. The van der Waals surface area contributed by atoms with Gasteiger partial charge >= 0.3 is 0 Å². The Hall–Kier alpha value is -7.36. The molecule has 0 bridgehead atoms. The minimum Gasteiger partial charge on any atom is -0.464 e. The summed E-state index contributed by atoms with van der Waals surface area (Å²) in [6, 6.07) is 62.7. The normalized spacial score (nSPS) is 12.0. The van der Waals surface area contributed by atoms with Gasteiger partial charge in [0.1, 0.15) is 27.9 Å². The molecule has 0 fully saturated rings. The largest absolute Gasteiger partial charge is 0.464 e. The summed E-state index contributed by atoms with van der Waals surface area (Å²) in [7, 11) is 0. The molecule has 3 heterocycles. The third kappa shape index (κ3) is 4.44. The zero-order chi connectivity index (χ0) is 36.0. The van der Waals surface area contributed by atoms with Crippen molar-refractivity contribution in [3.63, 3.8) is 0 Å². The van der Waals surface area contributed by atoms with Gasteiger partial charge in [-0.15, -0.1) is 0 Å². The van der Waals surface area contributed by atoms with Crippen molar-refractivity contribution >= 4 is 76.4 Å². The van der Waals surface area contributed by atoms with Crippen LogP contribution >= 0.6 is 0 Å². The van der Waals surface area contributed by atoms with E-state index in [1.54, 1.807) is 6.26 Å². The molecule has 3 nitrogen and oxygen atoms in total. The van der Waals surface area contributed by atoms with Gasteiger partial charge < -0.3 is 13.3 Å². The second kappa shape index (κ2) is 11.6. The molecule has 0 aliphatic rings. The zero-order valence-corrected chi connectivity index (χ0v) is 29.5. The summed E-state index contributed by atoms with van der Waals surface area (Å²) in [5.74, 6) is 0. The van der Waals surface area contributed by atoms with Gasteiger partial charge in [0, 0.05) is 33.0 Å². The van der Waals surface area contributed by atoms with Crippen LogP contribution in [0.25, 0.3) is 121 Å². The number of hydrogen-bond acceptors (Lipinski definition) is 3. The van der Waals surface area contributed by atoms with Gasteiger partial charge in [-0.25, -0.2) is 0 Å². The molecular weight excluding hydrogens is 673 g/mol. The molecule has 0 aliphatic heterocycles. The topological polar surface area (TPSA) is 39.4 Å². The van der Waals surface area contributed by atoms with Crippen LogP contribution in [0.2, 0.25) is 0 Å². The zero-order valence-electron chi connectivity index (χ0n) is 29.5. The molecule has 0 atom stereocenters. The van der Waals surface area contributed by atoms with Crippen LogP contribution in [0.1, 0.15) is 0 Å². The monoisotopic (exact) mass is 702 g/mol. The summed E-state index contributed by atoms with van der Waals surface area (Å²) >= 11 is 0. The van der Waals surface area contributed by atoms with E-state index in [1.165, 1.54) is 49.4 Å². The molecule has 3 aromatic heterocycles. The molecule has 0 amide bonds. The number of hydrogen-bond donors (Lipinski definition) is 0. The molecule has 0 aliphatic carbocycles. The second-order valence-electron chi connectivity index (χ2n) is 14.3. The van der Waals surface area contributed by atoms with E-state index in [-0.39, 0.29) is 0 Å². The second-order valence-corrected chi connectivity index (χ2v) is 14.3. The van der Waals surface area contributed by atoms with Crippen molar-refractivity contribution < 1.29 is 13.3 Å². The van der Waals surface area contributed by atoms with Crippen LogP contribution in [0.3, 0.4) is 0 Å². The van der Waals surface area contributed by atoms with Gasteiger partial charge in [-0.1, -0.05) is 140 Å². The van der Waals surface area contributed by atoms with Gasteiger partial charge in [0.15, 0.2) is 0 Å². The molecule has 0 N–H and O–H groups in total. The fraction of sp³-hybridized carbons (Fsp3) is 0. The third-order valence-corrected chi connectivity index (χ3v) is 11.4. The summed E-state index contributed by atoms with van der Waals surface area (Å²) in [5, 5.41) is 10.4. The Balaban J connectivity index is 1.04. The maximum atomic E-state index is 6.44. The van der Waals surface area contributed by atoms with Gasteiger partial charge in [-0.2, -0.15) is 0 Å². The first kappa shape index (κ1) is 30.1. The van der Waals surface area contributed by atoms with Crippen molar-refractivity contribution in [3.05, 3.63) is 182 Å². The van der Waals surface area contributed by atoms with Gasteiger partial charge in [-0.05, 0) is 96.4 Å². The molecule has 9 aromatic carbocycles. The fourth-order valence-electron chi connectivity index (χ4n) is 9.00. The lowest BCUT2D eigenvalue weighted by Crippen LogP contribution is -1.93. The van der Waals surface area contributed by atoms with Gasteiger partial charge in [0.05, 0.1) is 6.26 Å². The van der Waals surface area contributed by atoms with Crippen LogP contribution in [0.15, 0.2) is 195 Å². The standard InChI is InChI=1S/C52H30O3/c1-2-13-38(35(11-1)34-19-10-21-45-37(34)27-28-53-45)51-41-16-5-3-14-39(41)50(40-15-4-6-17-42(40)51)32-25-23-31(24-26-32)33-18-9-22-47-52(33)44-29-43-36-12-7-8-20-46(36)54-48(43)30-49(44)55-47/h1-30H. The lowest BCUT2D eigenvalue weighted by atomic mass is 9.83. The number of para-hydroxylation sites is 1. The minimum absolute atomic E-state index is 0.826. The highest BCUT2D eigenvalue weighted by molar-refractivity contribution is 6.23. The quantitative estimate of drug-likeness (QED) is 0.171. The van der Waals surface area contributed by atoms with E-state index in [0.29, 0.717) is 0 Å². The molecular formula is C52H30O3. The van der Waals surface area contributed by atoms with Crippen molar-refractivity contribution in [1.82, 2.24) is 0 Å². The van der Waals surface area contributed by atoms with E-state index in [1.807, 2.05) is 24.3 Å². The van der Waals surface area contributed by atoms with E-state index in [2.05, 4.69) is 152 Å². The fourth-order valence-corrected chi connectivity index (χ4v) is 9.00. The molecule has 12 rings (SSSR count). The van der Waals surface area contributed by atoms with Crippen LogP contribution < -0.4 is 0 Å². The predicted octanol–water partition coefficient (Wildman–Crippen LogP) is 15.2. The number of furan rings is 3. The van der Waals surface area contributed by atoms with E-state index in [0.717, 1.165) is 71.5 Å². The lowest BCUT2D eigenvalue weighted by Gasteiger charge is -2.20. The summed E-state index contributed by atoms with van der Waals surface area (Å²) in [6.07, 6.45) is 1.78. The van der Waals surface area contributed by atoms with Crippen LogP contribution in [0.5, 0.6) is 0 Å². The van der Waals surface area contributed by atoms with Crippen molar-refractivity contribution in [2.24, 2.45) is 0 Å². The van der Waals surface area contributed by atoms with Crippen LogP contribution in [0.4, 0.5) is 0 Å². The van der Waals surface area contributed by atoms with Crippen LogP contribution in [0, 0.1) is 0 Å². The Morgan fingerprint density at radius 1 is 0.273 bits per heavy atom. The average Bonchev–Trinajstić information content (AvgIpc) is 3.97. The molecule has 0 spiro atoms. The van der Waals surface area contributed by atoms with Crippen molar-refractivity contribution in [1.29, 1.82) is 0 Å². The lowest BCUT2D eigenvalue weighted by molar-refractivity contribution is 0.616. The highest BCUT2D eigenvalue weighted by Gasteiger charge is 2.21. The van der Waals surface area contributed by atoms with Gasteiger partial charge in [-0.3, -0.25) is 0 Å². The SMILES string of the molecule is c1ccc(-c2c3ccccc3c(-c3ccc(-c4cccc5oc6cc7oc8ccccc8c7cc6c45)cc3)c3ccccc23)c(-c2cccc3occc23)c1. The van der Waals surface area contributed by atoms with Crippen LogP contribution in [-0.2, 0) is 0 Å². The predicted molar refractivity (Wildman–Crippen MR) is 228 cm³/mol. The van der Waals surface area contributed by atoms with Crippen molar-refractivity contribution in [2.75, 3.05) is 0 Å². The summed E-state index contributed by atoms with van der Waals surface area (Å²) in [6.45, 7) is 0. The summed E-state index contributed by atoms with van der Waals surface area (Å²) in [5.41, 5.74) is 13.8. The highest BCUT2D eigenvalue weighted by atomic mass is 16.3. The first-order valence-electron chi connectivity index (χ1n) is 18.7. The molecule has 12 aromatic rings. The summed E-state index contributed by atoms with van der Waals surface area (Å²) < 4.78 is 18.5. The number of rotatable bonds is 4. The maximum Gasteiger partial charge on any atom is 0.139 e. The van der Waals surface area contributed by atoms with E-state index < -0.39 is 0 Å².